The Morgan fingerprint density at radius 2 is 1.17 bits per heavy atom. The topological polar surface area (TPSA) is 77.5 Å². The van der Waals surface area contributed by atoms with Gasteiger partial charge in [-0.3, -0.25) is 14.4 Å². The molecule has 0 fully saturated rings. The number of benzene rings is 1. The van der Waals surface area contributed by atoms with Crippen LogP contribution in [0.3, 0.4) is 0 Å². The van der Waals surface area contributed by atoms with E-state index in [1.165, 1.54) is 6.92 Å². The standard InChI is InChI=1S/C19H24O5/c1-15(20)7-8-16(21)9-10-17(22)11-12-18(23)13-14-24-19-5-3-2-4-6-19/h2-6H,7-14H2,1H3. The molecule has 0 saturated heterocycles. The second-order valence-corrected chi connectivity index (χ2v) is 5.73. The Kier molecular flexibility index (Phi) is 9.27. The number of hydrogen-bond donors (Lipinski definition) is 0. The first-order valence-corrected chi connectivity index (χ1v) is 8.19. The van der Waals surface area contributed by atoms with Gasteiger partial charge in [0.15, 0.2) is 0 Å². The molecule has 0 atom stereocenters. The van der Waals surface area contributed by atoms with Gasteiger partial charge in [-0.1, -0.05) is 18.2 Å². The van der Waals surface area contributed by atoms with Crippen molar-refractivity contribution in [3.05, 3.63) is 30.3 Å². The first kappa shape index (κ1) is 19.7. The summed E-state index contributed by atoms with van der Waals surface area (Å²) in [6.07, 6.45) is 1.32. The van der Waals surface area contributed by atoms with E-state index in [1.807, 2.05) is 30.3 Å². The number of rotatable bonds is 13. The molecule has 1 rings (SSSR count). The molecule has 0 amide bonds. The molecule has 0 aromatic heterocycles. The first-order valence-electron chi connectivity index (χ1n) is 8.19. The van der Waals surface area contributed by atoms with Crippen LogP contribution in [0.2, 0.25) is 0 Å². The Morgan fingerprint density at radius 3 is 1.67 bits per heavy atom. The third-order valence-electron chi connectivity index (χ3n) is 3.51. The van der Waals surface area contributed by atoms with Crippen LogP contribution in [-0.4, -0.2) is 29.7 Å². The maximum atomic E-state index is 11.7. The Labute approximate surface area is 142 Å². The lowest BCUT2D eigenvalue weighted by Crippen LogP contribution is -2.10. The van der Waals surface area contributed by atoms with Crippen molar-refractivity contribution in [3.8, 4) is 5.75 Å². The van der Waals surface area contributed by atoms with Crippen molar-refractivity contribution in [1.82, 2.24) is 0 Å². The Balaban J connectivity index is 2.09. The van der Waals surface area contributed by atoms with Gasteiger partial charge in [0.1, 0.15) is 28.9 Å². The van der Waals surface area contributed by atoms with Gasteiger partial charge < -0.3 is 9.53 Å². The zero-order chi connectivity index (χ0) is 17.8. The minimum absolute atomic E-state index is 0.0258. The van der Waals surface area contributed by atoms with Crippen molar-refractivity contribution in [2.75, 3.05) is 6.61 Å². The zero-order valence-electron chi connectivity index (χ0n) is 14.1. The molecule has 1 aromatic carbocycles. The fourth-order valence-corrected chi connectivity index (χ4v) is 2.05. The molecule has 1 aromatic rings. The Hall–Kier alpha value is -2.30. The summed E-state index contributed by atoms with van der Waals surface area (Å²) in [5.41, 5.74) is 0. The van der Waals surface area contributed by atoms with Crippen molar-refractivity contribution < 1.29 is 23.9 Å². The van der Waals surface area contributed by atoms with E-state index in [9.17, 15) is 19.2 Å². The van der Waals surface area contributed by atoms with Gasteiger partial charge in [0.2, 0.25) is 0 Å². The van der Waals surface area contributed by atoms with Crippen molar-refractivity contribution in [2.24, 2.45) is 0 Å². The van der Waals surface area contributed by atoms with Crippen LogP contribution in [0.1, 0.15) is 51.9 Å². The molecule has 130 valence electrons. The van der Waals surface area contributed by atoms with E-state index in [1.54, 1.807) is 0 Å². The smallest absolute Gasteiger partial charge is 0.136 e. The van der Waals surface area contributed by atoms with E-state index >= 15 is 0 Å². The maximum absolute atomic E-state index is 11.7. The number of para-hydroxylation sites is 1. The maximum Gasteiger partial charge on any atom is 0.136 e. The lowest BCUT2D eigenvalue weighted by molar-refractivity contribution is -0.126. The van der Waals surface area contributed by atoms with Crippen LogP contribution in [-0.2, 0) is 19.2 Å². The molecule has 0 aliphatic heterocycles. The first-order chi connectivity index (χ1) is 11.5. The number of ketones is 4. The number of carbonyl (C=O) groups is 4. The lowest BCUT2D eigenvalue weighted by atomic mass is 10.0. The average Bonchev–Trinajstić information content (AvgIpc) is 2.57. The van der Waals surface area contributed by atoms with Gasteiger partial charge in [0.05, 0.1) is 6.61 Å². The average molecular weight is 332 g/mol. The molecule has 0 unspecified atom stereocenters. The minimum atomic E-state index is -0.0940. The molecule has 0 saturated carbocycles. The number of hydrogen-bond acceptors (Lipinski definition) is 5. The SMILES string of the molecule is CC(=O)CCC(=O)CCC(=O)CCC(=O)CCOc1ccccc1. The molecule has 0 spiro atoms. The summed E-state index contributed by atoms with van der Waals surface area (Å²) in [4.78, 5) is 45.7. The van der Waals surface area contributed by atoms with Crippen LogP contribution in [0.5, 0.6) is 5.75 Å². The fraction of sp³-hybridized carbons (Fsp3) is 0.474. The molecule has 0 bridgehead atoms. The Bertz CT molecular complexity index is 562. The highest BCUT2D eigenvalue weighted by Gasteiger charge is 2.10. The largest absolute Gasteiger partial charge is 0.493 e. The highest BCUT2D eigenvalue weighted by Crippen LogP contribution is 2.09. The zero-order valence-corrected chi connectivity index (χ0v) is 14.1. The van der Waals surface area contributed by atoms with Gasteiger partial charge in [-0.15, -0.1) is 0 Å². The number of Topliss-reactive ketones (excluding diaryl/α,β-unsaturated/α-hetero) is 4. The summed E-state index contributed by atoms with van der Waals surface area (Å²) < 4.78 is 5.43. The minimum Gasteiger partial charge on any atom is -0.493 e. The van der Waals surface area contributed by atoms with Gasteiger partial charge in [-0.25, -0.2) is 0 Å². The summed E-state index contributed by atoms with van der Waals surface area (Å²) >= 11 is 0. The van der Waals surface area contributed by atoms with E-state index in [-0.39, 0.29) is 68.1 Å². The molecule has 0 heterocycles. The van der Waals surface area contributed by atoms with Crippen LogP contribution >= 0.6 is 0 Å². The van der Waals surface area contributed by atoms with E-state index in [0.29, 0.717) is 12.4 Å². The second-order valence-electron chi connectivity index (χ2n) is 5.73. The van der Waals surface area contributed by atoms with Crippen molar-refractivity contribution in [1.29, 1.82) is 0 Å². The molecule has 24 heavy (non-hydrogen) atoms. The third kappa shape index (κ3) is 9.66. The number of carbonyl (C=O) groups excluding carboxylic acids is 4. The van der Waals surface area contributed by atoms with Gasteiger partial charge >= 0.3 is 0 Å². The van der Waals surface area contributed by atoms with Gasteiger partial charge in [0.25, 0.3) is 0 Å². The Morgan fingerprint density at radius 1 is 0.708 bits per heavy atom. The fourth-order valence-electron chi connectivity index (χ4n) is 2.05. The molecule has 5 heteroatoms. The van der Waals surface area contributed by atoms with E-state index in [0.717, 1.165) is 0 Å². The van der Waals surface area contributed by atoms with Crippen LogP contribution in [0.25, 0.3) is 0 Å². The van der Waals surface area contributed by atoms with Crippen molar-refractivity contribution >= 4 is 23.1 Å². The molecular formula is C19H24O5. The van der Waals surface area contributed by atoms with Crippen LogP contribution in [0.15, 0.2) is 30.3 Å². The van der Waals surface area contributed by atoms with Gasteiger partial charge in [-0.2, -0.15) is 0 Å². The van der Waals surface area contributed by atoms with Gasteiger partial charge in [-0.05, 0) is 19.1 Å². The summed E-state index contributed by atoms with van der Waals surface area (Å²) in [5.74, 6) is 0.482. The van der Waals surface area contributed by atoms with Crippen molar-refractivity contribution in [2.45, 2.75) is 51.9 Å². The molecular weight excluding hydrogens is 308 g/mol. The van der Waals surface area contributed by atoms with Crippen LogP contribution in [0.4, 0.5) is 0 Å². The summed E-state index contributed by atoms with van der Waals surface area (Å²) in [5, 5.41) is 0. The van der Waals surface area contributed by atoms with E-state index in [4.69, 9.17) is 4.74 Å². The normalized spacial score (nSPS) is 10.2. The lowest BCUT2D eigenvalue weighted by Gasteiger charge is -2.05. The molecule has 5 nitrogen and oxygen atoms in total. The third-order valence-corrected chi connectivity index (χ3v) is 3.51. The monoisotopic (exact) mass is 332 g/mol. The summed E-state index contributed by atoms with van der Waals surface area (Å²) in [6, 6.07) is 9.23. The van der Waals surface area contributed by atoms with E-state index in [2.05, 4.69) is 0 Å². The second kappa shape index (κ2) is 11.3. The predicted molar refractivity (Wildman–Crippen MR) is 90.0 cm³/mol. The quantitative estimate of drug-likeness (QED) is 0.555. The predicted octanol–water partition coefficient (Wildman–Crippen LogP) is 3.09. The molecule has 0 N–H and O–H groups in total. The highest BCUT2D eigenvalue weighted by molar-refractivity contribution is 5.90. The number of ether oxygens (including phenoxy) is 1. The molecule has 0 radical (unpaired) electrons. The molecule has 0 aliphatic rings. The van der Waals surface area contributed by atoms with Crippen LogP contribution in [0, 0.1) is 0 Å². The van der Waals surface area contributed by atoms with E-state index < -0.39 is 0 Å². The van der Waals surface area contributed by atoms with Gasteiger partial charge in [0, 0.05) is 44.9 Å². The highest BCUT2D eigenvalue weighted by atomic mass is 16.5. The molecule has 0 aliphatic carbocycles. The van der Waals surface area contributed by atoms with Crippen LogP contribution < -0.4 is 4.74 Å². The van der Waals surface area contributed by atoms with Crippen molar-refractivity contribution in [3.63, 3.8) is 0 Å². The summed E-state index contributed by atoms with van der Waals surface area (Å²) in [7, 11) is 0. The summed E-state index contributed by atoms with van der Waals surface area (Å²) in [6.45, 7) is 1.73.